The van der Waals surface area contributed by atoms with E-state index >= 15 is 0 Å². The molecular formula is C21H25N2O4PS. The van der Waals surface area contributed by atoms with Gasteiger partial charge in [-0.3, -0.25) is 4.79 Å². The molecule has 1 fully saturated rings. The van der Waals surface area contributed by atoms with Crippen LogP contribution in [0, 0.1) is 6.92 Å². The van der Waals surface area contributed by atoms with E-state index < -0.39 is 8.03 Å². The number of allylic oxidation sites excluding steroid dienone is 1. The second-order valence-electron chi connectivity index (χ2n) is 6.42. The Hall–Kier alpha value is -2.02. The monoisotopic (exact) mass is 432 g/mol. The highest BCUT2D eigenvalue weighted by molar-refractivity contribution is 8.03. The average Bonchev–Trinajstić information content (AvgIpc) is 2.69. The summed E-state index contributed by atoms with van der Waals surface area (Å²) in [7, 11) is -2.71. The van der Waals surface area contributed by atoms with Crippen LogP contribution in [-0.2, 0) is 4.57 Å². The van der Waals surface area contributed by atoms with Crippen molar-refractivity contribution in [3.05, 3.63) is 70.8 Å². The molecule has 2 aromatic rings. The fourth-order valence-corrected chi connectivity index (χ4v) is 3.77. The molecule has 0 bridgehead atoms. The Morgan fingerprint density at radius 3 is 2.55 bits per heavy atom. The number of nitrogens with one attached hydrogen (secondary N) is 2. The van der Waals surface area contributed by atoms with Gasteiger partial charge in [-0.2, -0.15) is 0 Å². The fourth-order valence-electron chi connectivity index (χ4n) is 2.31. The molecular weight excluding hydrogens is 407 g/mol. The lowest BCUT2D eigenvalue weighted by Gasteiger charge is -2.20. The Kier molecular flexibility index (Phi) is 9.51. The van der Waals surface area contributed by atoms with Crippen molar-refractivity contribution < 1.29 is 19.4 Å². The number of hydrogen-bond donors (Lipinski definition) is 3. The summed E-state index contributed by atoms with van der Waals surface area (Å²) in [6, 6.07) is 13.9. The Morgan fingerprint density at radius 1 is 1.31 bits per heavy atom. The van der Waals surface area contributed by atoms with E-state index in [0.29, 0.717) is 5.56 Å². The summed E-state index contributed by atoms with van der Waals surface area (Å²) >= 11 is 1.48. The van der Waals surface area contributed by atoms with Crippen molar-refractivity contribution in [3.63, 3.8) is 0 Å². The normalized spacial score (nSPS) is 14.3. The third-order valence-electron chi connectivity index (χ3n) is 4.02. The first-order chi connectivity index (χ1) is 13.9. The van der Waals surface area contributed by atoms with E-state index in [2.05, 4.69) is 10.6 Å². The van der Waals surface area contributed by atoms with Crippen LogP contribution in [0.25, 0.3) is 0 Å². The molecule has 0 aromatic heterocycles. The molecule has 1 atom stereocenters. The zero-order valence-electron chi connectivity index (χ0n) is 16.4. The minimum Gasteiger partial charge on any atom is -0.591 e. The number of hydrogen-bond acceptors (Lipinski definition) is 6. The number of amides is 1. The Morgan fingerprint density at radius 2 is 2.00 bits per heavy atom. The molecule has 0 saturated carbocycles. The Bertz CT molecular complexity index is 884. The number of aryl methyl sites for hydroxylation is 1. The number of aliphatic hydroxyl groups excluding tert-OH is 1. The molecule has 1 unspecified atom stereocenters. The second kappa shape index (κ2) is 11.9. The minimum absolute atomic E-state index is 0.0463. The molecule has 1 aliphatic heterocycles. The third-order valence-corrected chi connectivity index (χ3v) is 5.89. The van der Waals surface area contributed by atoms with Crippen molar-refractivity contribution in [2.45, 2.75) is 31.3 Å². The predicted molar refractivity (Wildman–Crippen MR) is 115 cm³/mol. The fraction of sp³-hybridized carbons (Fsp3) is 0.286. The molecule has 2 aromatic carbocycles. The lowest BCUT2D eigenvalue weighted by molar-refractivity contribution is -0.160. The molecule has 0 radical (unpaired) electrons. The van der Waals surface area contributed by atoms with E-state index in [9.17, 15) is 14.3 Å². The van der Waals surface area contributed by atoms with E-state index in [-0.39, 0.29) is 17.3 Å². The molecule has 3 N–H and O–H groups in total. The van der Waals surface area contributed by atoms with Crippen molar-refractivity contribution in [2.75, 3.05) is 13.1 Å². The van der Waals surface area contributed by atoms with Gasteiger partial charge in [-0.25, -0.2) is 0 Å². The van der Waals surface area contributed by atoms with Gasteiger partial charge < -0.3 is 20.6 Å². The van der Waals surface area contributed by atoms with Crippen molar-refractivity contribution in [1.82, 2.24) is 10.6 Å². The smallest absolute Gasteiger partial charge is 0.348 e. The molecule has 0 aliphatic carbocycles. The molecule has 3 rings (SSSR count). The maximum Gasteiger partial charge on any atom is 0.348 e. The van der Waals surface area contributed by atoms with Crippen molar-refractivity contribution in [2.24, 2.45) is 0 Å². The van der Waals surface area contributed by atoms with Crippen LogP contribution < -0.4 is 20.8 Å². The number of benzene rings is 2. The predicted octanol–water partition coefficient (Wildman–Crippen LogP) is 2.45. The van der Waals surface area contributed by atoms with Gasteiger partial charge in [-0.1, -0.05) is 53.6 Å². The number of β-amino-alcohol motifs (C(OH)–C–C–N with tert-alkyl or cyclic N) is 1. The summed E-state index contributed by atoms with van der Waals surface area (Å²) in [5.74, 6) is -0.325. The van der Waals surface area contributed by atoms with Crippen LogP contribution in [0.5, 0.6) is 0 Å². The summed E-state index contributed by atoms with van der Waals surface area (Å²) in [5.41, 5.74) is 1.45. The van der Waals surface area contributed by atoms with Gasteiger partial charge in [0.15, 0.2) is 5.30 Å². The number of aliphatic hydroxyl groups is 1. The maximum absolute atomic E-state index is 12.4. The van der Waals surface area contributed by atoms with Crippen LogP contribution in [0.15, 0.2) is 64.5 Å². The van der Waals surface area contributed by atoms with Gasteiger partial charge in [0.1, 0.15) is 0 Å². The number of carbonyl (C=O) groups is 1. The van der Waals surface area contributed by atoms with Gasteiger partial charge in [0.2, 0.25) is 0 Å². The van der Waals surface area contributed by atoms with Gasteiger partial charge in [-0.05, 0) is 37.1 Å². The van der Waals surface area contributed by atoms with E-state index in [1.807, 2.05) is 44.2 Å². The summed E-state index contributed by atoms with van der Waals surface area (Å²) in [4.78, 5) is 24.6. The first kappa shape index (κ1) is 23.3. The SMILES string of the molecule is CC/C=C(\NC(=O)c1cccc([P+](=O)[O-])c1)Sc1ccccc1C.OC1CNC1. The summed E-state index contributed by atoms with van der Waals surface area (Å²) < 4.78 is 11.1. The van der Waals surface area contributed by atoms with Gasteiger partial charge in [0.05, 0.1) is 11.1 Å². The van der Waals surface area contributed by atoms with Crippen LogP contribution in [-0.4, -0.2) is 30.2 Å². The van der Waals surface area contributed by atoms with E-state index in [4.69, 9.17) is 5.11 Å². The minimum atomic E-state index is -2.71. The lowest BCUT2D eigenvalue weighted by atomic mass is 10.2. The first-order valence-corrected chi connectivity index (χ1v) is 11.3. The third kappa shape index (κ3) is 7.72. The highest BCUT2D eigenvalue weighted by Crippen LogP contribution is 2.28. The molecule has 8 heteroatoms. The highest BCUT2D eigenvalue weighted by Gasteiger charge is 2.14. The number of rotatable bonds is 6. The van der Waals surface area contributed by atoms with Gasteiger partial charge in [0, 0.05) is 29.6 Å². The van der Waals surface area contributed by atoms with E-state index in [1.54, 1.807) is 12.1 Å². The second-order valence-corrected chi connectivity index (χ2v) is 8.53. The zero-order valence-corrected chi connectivity index (χ0v) is 18.1. The summed E-state index contributed by atoms with van der Waals surface area (Å²) in [6.07, 6.45) is 2.67. The quantitative estimate of drug-likeness (QED) is 0.479. The van der Waals surface area contributed by atoms with Crippen molar-refractivity contribution >= 4 is 31.0 Å². The molecule has 0 spiro atoms. The number of carbonyl (C=O) groups excluding carboxylic acids is 1. The van der Waals surface area contributed by atoms with E-state index in [1.165, 1.54) is 23.9 Å². The van der Waals surface area contributed by atoms with Crippen LogP contribution >= 0.6 is 19.8 Å². The maximum atomic E-state index is 12.4. The van der Waals surface area contributed by atoms with Crippen LogP contribution in [0.4, 0.5) is 0 Å². The molecule has 1 saturated heterocycles. The van der Waals surface area contributed by atoms with Gasteiger partial charge >= 0.3 is 8.03 Å². The molecule has 1 heterocycles. The molecule has 154 valence electrons. The first-order valence-electron chi connectivity index (χ1n) is 9.29. The average molecular weight is 432 g/mol. The largest absolute Gasteiger partial charge is 0.591 e. The van der Waals surface area contributed by atoms with Crippen LogP contribution in [0.2, 0.25) is 0 Å². The topological polar surface area (TPSA) is 101 Å². The van der Waals surface area contributed by atoms with E-state index in [0.717, 1.165) is 35.0 Å². The highest BCUT2D eigenvalue weighted by atomic mass is 32.2. The number of thioether (sulfide) groups is 1. The molecule has 1 aliphatic rings. The van der Waals surface area contributed by atoms with Crippen LogP contribution in [0.1, 0.15) is 29.3 Å². The summed E-state index contributed by atoms with van der Waals surface area (Å²) in [5, 5.41) is 15.0. The zero-order chi connectivity index (χ0) is 21.2. The summed E-state index contributed by atoms with van der Waals surface area (Å²) in [6.45, 7) is 5.59. The van der Waals surface area contributed by atoms with Crippen LogP contribution in [0.3, 0.4) is 0 Å². The lowest BCUT2D eigenvalue weighted by Crippen LogP contribution is -2.46. The molecule has 1 amide bonds. The standard InChI is InChI=1S/C18H18NO3PS.C3H7NO/c1-3-7-17(24-16-11-5-4-8-13(16)2)19-18(20)14-9-6-10-15(12-14)23(21)22;5-3-1-4-2-3/h4-12H,3H2,1-2H3,(H,19,20);3-5H,1-2H2/b17-7+;. The Labute approximate surface area is 176 Å². The van der Waals surface area contributed by atoms with Crippen molar-refractivity contribution in [3.8, 4) is 0 Å². The van der Waals surface area contributed by atoms with Gasteiger partial charge in [0.25, 0.3) is 5.91 Å². The molecule has 6 nitrogen and oxygen atoms in total. The van der Waals surface area contributed by atoms with Crippen molar-refractivity contribution in [1.29, 1.82) is 0 Å². The molecule has 29 heavy (non-hydrogen) atoms. The van der Waals surface area contributed by atoms with Gasteiger partial charge in [-0.15, -0.1) is 0 Å². The Balaban J connectivity index is 0.000000521.